The lowest BCUT2D eigenvalue weighted by atomic mass is 10.2. The Labute approximate surface area is 142 Å². The van der Waals surface area contributed by atoms with Gasteiger partial charge >= 0.3 is 0 Å². The SMILES string of the molecule is Cn1ncc(N2CCOC(CCNC(=O)CCC3CC3)C2)cc1=O. The van der Waals surface area contributed by atoms with Gasteiger partial charge in [-0.3, -0.25) is 9.59 Å². The molecular weight excluding hydrogens is 308 g/mol. The minimum atomic E-state index is -0.113. The summed E-state index contributed by atoms with van der Waals surface area (Å²) >= 11 is 0. The van der Waals surface area contributed by atoms with Crippen molar-refractivity contribution in [3.63, 3.8) is 0 Å². The quantitative estimate of drug-likeness (QED) is 0.794. The molecule has 1 unspecified atom stereocenters. The molecule has 1 aromatic rings. The summed E-state index contributed by atoms with van der Waals surface area (Å²) in [5.74, 6) is 0.934. The number of rotatable bonds is 7. The molecule has 7 nitrogen and oxygen atoms in total. The summed E-state index contributed by atoms with van der Waals surface area (Å²) in [4.78, 5) is 25.6. The lowest BCUT2D eigenvalue weighted by Crippen LogP contribution is -2.44. The van der Waals surface area contributed by atoms with Gasteiger partial charge in [0.15, 0.2) is 0 Å². The van der Waals surface area contributed by atoms with Crippen LogP contribution in [0.2, 0.25) is 0 Å². The molecule has 0 spiro atoms. The molecule has 0 aromatic carbocycles. The highest BCUT2D eigenvalue weighted by atomic mass is 16.5. The molecule has 1 saturated carbocycles. The van der Waals surface area contributed by atoms with Gasteiger partial charge in [-0.1, -0.05) is 12.8 Å². The number of nitrogens with zero attached hydrogens (tertiary/aromatic N) is 3. The molecule has 132 valence electrons. The van der Waals surface area contributed by atoms with Crippen LogP contribution in [-0.4, -0.2) is 48.0 Å². The molecule has 1 N–H and O–H groups in total. The molecule has 2 fully saturated rings. The fraction of sp³-hybridized carbons (Fsp3) is 0.706. The van der Waals surface area contributed by atoms with Crippen LogP contribution in [0.15, 0.2) is 17.1 Å². The number of nitrogens with one attached hydrogen (secondary N) is 1. The number of hydrogen-bond acceptors (Lipinski definition) is 5. The van der Waals surface area contributed by atoms with Crippen molar-refractivity contribution < 1.29 is 9.53 Å². The van der Waals surface area contributed by atoms with E-state index in [-0.39, 0.29) is 17.6 Å². The van der Waals surface area contributed by atoms with Crippen molar-refractivity contribution in [2.45, 2.75) is 38.2 Å². The van der Waals surface area contributed by atoms with Crippen LogP contribution in [0.1, 0.15) is 32.1 Å². The summed E-state index contributed by atoms with van der Waals surface area (Å²) in [7, 11) is 1.64. The number of anilines is 1. The van der Waals surface area contributed by atoms with Gasteiger partial charge in [-0.2, -0.15) is 5.10 Å². The molecule has 0 bridgehead atoms. The van der Waals surface area contributed by atoms with E-state index in [1.54, 1.807) is 19.3 Å². The van der Waals surface area contributed by atoms with Crippen molar-refractivity contribution in [3.8, 4) is 0 Å². The molecule has 1 amide bonds. The summed E-state index contributed by atoms with van der Waals surface area (Å²) in [5, 5.41) is 7.05. The largest absolute Gasteiger partial charge is 0.374 e. The summed E-state index contributed by atoms with van der Waals surface area (Å²) in [6.07, 6.45) is 6.79. The average molecular weight is 334 g/mol. The van der Waals surface area contributed by atoms with Crippen LogP contribution in [0.4, 0.5) is 5.69 Å². The van der Waals surface area contributed by atoms with Crippen molar-refractivity contribution >= 4 is 11.6 Å². The van der Waals surface area contributed by atoms with E-state index in [1.165, 1.54) is 17.5 Å². The first-order chi connectivity index (χ1) is 11.6. The second kappa shape index (κ2) is 7.79. The third-order valence-corrected chi connectivity index (χ3v) is 4.72. The van der Waals surface area contributed by atoms with E-state index in [0.29, 0.717) is 26.1 Å². The van der Waals surface area contributed by atoms with Crippen LogP contribution >= 0.6 is 0 Å². The Bertz CT molecular complexity index is 627. The number of aromatic nitrogens is 2. The van der Waals surface area contributed by atoms with E-state index >= 15 is 0 Å². The number of carbonyl (C=O) groups is 1. The molecule has 2 aliphatic rings. The van der Waals surface area contributed by atoms with Crippen LogP contribution in [0.5, 0.6) is 0 Å². The van der Waals surface area contributed by atoms with E-state index in [4.69, 9.17) is 4.74 Å². The molecule has 1 atom stereocenters. The van der Waals surface area contributed by atoms with Crippen LogP contribution in [0, 0.1) is 5.92 Å². The maximum absolute atomic E-state index is 11.8. The Morgan fingerprint density at radius 1 is 1.42 bits per heavy atom. The van der Waals surface area contributed by atoms with Gasteiger partial charge in [0.25, 0.3) is 5.56 Å². The van der Waals surface area contributed by atoms with E-state index in [0.717, 1.165) is 31.0 Å². The highest BCUT2D eigenvalue weighted by Crippen LogP contribution is 2.33. The Morgan fingerprint density at radius 3 is 3.00 bits per heavy atom. The Balaban J connectivity index is 1.42. The summed E-state index contributed by atoms with van der Waals surface area (Å²) in [5.41, 5.74) is 0.721. The second-order valence-corrected chi connectivity index (χ2v) is 6.74. The lowest BCUT2D eigenvalue weighted by Gasteiger charge is -2.34. The zero-order valence-electron chi connectivity index (χ0n) is 14.2. The number of hydrogen-bond donors (Lipinski definition) is 1. The zero-order valence-corrected chi connectivity index (χ0v) is 14.2. The second-order valence-electron chi connectivity index (χ2n) is 6.74. The summed E-state index contributed by atoms with van der Waals surface area (Å²) in [6, 6.07) is 1.61. The molecule has 1 aromatic heterocycles. The van der Waals surface area contributed by atoms with Crippen molar-refractivity contribution in [1.29, 1.82) is 0 Å². The summed E-state index contributed by atoms with van der Waals surface area (Å²) in [6.45, 7) is 2.72. The van der Waals surface area contributed by atoms with Gasteiger partial charge in [0.1, 0.15) is 0 Å². The van der Waals surface area contributed by atoms with Gasteiger partial charge in [0.2, 0.25) is 5.91 Å². The van der Waals surface area contributed by atoms with E-state index in [9.17, 15) is 9.59 Å². The predicted octanol–water partition coefficient (Wildman–Crippen LogP) is 0.682. The van der Waals surface area contributed by atoms with Gasteiger partial charge in [-0.25, -0.2) is 4.68 Å². The van der Waals surface area contributed by atoms with Crippen LogP contribution in [-0.2, 0) is 16.6 Å². The number of amides is 1. The number of aryl methyl sites for hydroxylation is 1. The van der Waals surface area contributed by atoms with Crippen molar-refractivity contribution in [3.05, 3.63) is 22.6 Å². The van der Waals surface area contributed by atoms with Crippen molar-refractivity contribution in [1.82, 2.24) is 15.1 Å². The maximum Gasteiger partial charge on any atom is 0.268 e. The first-order valence-electron chi connectivity index (χ1n) is 8.78. The topological polar surface area (TPSA) is 76.5 Å². The smallest absolute Gasteiger partial charge is 0.268 e. The highest BCUT2D eigenvalue weighted by Gasteiger charge is 2.23. The molecular formula is C17H26N4O3. The molecule has 1 aliphatic heterocycles. The number of ether oxygens (including phenoxy) is 1. The van der Waals surface area contributed by atoms with E-state index in [2.05, 4.69) is 15.3 Å². The maximum atomic E-state index is 11.8. The normalized spacial score (nSPS) is 20.9. The van der Waals surface area contributed by atoms with Gasteiger partial charge in [0, 0.05) is 39.2 Å². The first-order valence-corrected chi connectivity index (χ1v) is 8.78. The number of morpholine rings is 1. The molecule has 2 heterocycles. The minimum absolute atomic E-state index is 0.0616. The third kappa shape index (κ3) is 4.80. The van der Waals surface area contributed by atoms with Crippen LogP contribution in [0.25, 0.3) is 0 Å². The lowest BCUT2D eigenvalue weighted by molar-refractivity contribution is -0.121. The van der Waals surface area contributed by atoms with Gasteiger partial charge < -0.3 is 15.0 Å². The fourth-order valence-electron chi connectivity index (χ4n) is 2.96. The Kier molecular flexibility index (Phi) is 5.50. The van der Waals surface area contributed by atoms with Crippen LogP contribution < -0.4 is 15.8 Å². The molecule has 24 heavy (non-hydrogen) atoms. The zero-order chi connectivity index (χ0) is 16.9. The van der Waals surface area contributed by atoms with Gasteiger partial charge in [-0.05, 0) is 18.8 Å². The van der Waals surface area contributed by atoms with Crippen molar-refractivity contribution in [2.75, 3.05) is 31.1 Å². The summed E-state index contributed by atoms with van der Waals surface area (Å²) < 4.78 is 7.10. The first kappa shape index (κ1) is 17.0. The molecule has 1 aliphatic carbocycles. The Morgan fingerprint density at radius 2 is 2.25 bits per heavy atom. The van der Waals surface area contributed by atoms with E-state index in [1.807, 2.05) is 0 Å². The molecule has 0 radical (unpaired) electrons. The van der Waals surface area contributed by atoms with Gasteiger partial charge in [0.05, 0.1) is 24.6 Å². The molecule has 1 saturated heterocycles. The van der Waals surface area contributed by atoms with Gasteiger partial charge in [-0.15, -0.1) is 0 Å². The Hall–Kier alpha value is -1.89. The fourth-order valence-corrected chi connectivity index (χ4v) is 2.96. The van der Waals surface area contributed by atoms with E-state index < -0.39 is 0 Å². The van der Waals surface area contributed by atoms with Crippen LogP contribution in [0.3, 0.4) is 0 Å². The number of carbonyl (C=O) groups excluding carboxylic acids is 1. The third-order valence-electron chi connectivity index (χ3n) is 4.72. The van der Waals surface area contributed by atoms with Crippen molar-refractivity contribution in [2.24, 2.45) is 13.0 Å². The standard InChI is InChI=1S/C17H26N4O3/c1-20-17(23)10-14(11-19-20)21-8-9-24-15(12-21)6-7-18-16(22)5-4-13-2-3-13/h10-11,13,15H,2-9,12H2,1H3,(H,18,22). The molecule has 3 rings (SSSR count). The average Bonchev–Trinajstić information content (AvgIpc) is 3.40. The monoisotopic (exact) mass is 334 g/mol. The predicted molar refractivity (Wildman–Crippen MR) is 91.0 cm³/mol. The minimum Gasteiger partial charge on any atom is -0.374 e. The molecule has 7 heteroatoms. The highest BCUT2D eigenvalue weighted by molar-refractivity contribution is 5.75.